The van der Waals surface area contributed by atoms with Crippen LogP contribution in [0.25, 0.3) is 11.1 Å². The molecule has 2 aromatic heterocycles. The molecule has 2 atom stereocenters. The lowest BCUT2D eigenvalue weighted by molar-refractivity contribution is 0.0979. The second-order valence-corrected chi connectivity index (χ2v) is 10.8. The van der Waals surface area contributed by atoms with E-state index in [0.29, 0.717) is 23.1 Å². The summed E-state index contributed by atoms with van der Waals surface area (Å²) in [6.07, 6.45) is 1.43. The molecule has 0 spiro atoms. The Morgan fingerprint density at radius 1 is 0.775 bits per heavy atom. The fourth-order valence-corrected chi connectivity index (χ4v) is 6.61. The zero-order valence-corrected chi connectivity index (χ0v) is 23.5. The van der Waals surface area contributed by atoms with E-state index in [1.54, 1.807) is 23.2 Å². The van der Waals surface area contributed by atoms with Gasteiger partial charge in [0.2, 0.25) is 0 Å². The van der Waals surface area contributed by atoms with Gasteiger partial charge in [0.05, 0.1) is 33.5 Å². The summed E-state index contributed by atoms with van der Waals surface area (Å²) < 4.78 is 3.52. The van der Waals surface area contributed by atoms with Crippen LogP contribution in [0.3, 0.4) is 0 Å². The van der Waals surface area contributed by atoms with Gasteiger partial charge < -0.3 is 31.2 Å². The first kappa shape index (κ1) is 26.5. The van der Waals surface area contributed by atoms with E-state index in [1.165, 1.54) is 0 Å². The van der Waals surface area contributed by atoms with Crippen molar-refractivity contribution in [1.82, 2.24) is 29.7 Å². The molecule has 6 rings (SSSR count). The molecule has 4 heterocycles. The van der Waals surface area contributed by atoms with Crippen LogP contribution in [0.5, 0.6) is 0 Å². The zero-order valence-electron chi connectivity index (χ0n) is 22.0. The summed E-state index contributed by atoms with van der Waals surface area (Å²) >= 11 is 14.2. The van der Waals surface area contributed by atoms with Gasteiger partial charge in [-0.05, 0) is 11.1 Å². The Kier molecular flexibility index (Phi) is 6.66. The van der Waals surface area contributed by atoms with Gasteiger partial charge in [0.1, 0.15) is 0 Å². The number of carbonyl (C=O) groups excluding carboxylic acids is 2. The average Bonchev–Trinajstić information content (AvgIpc) is 3.47. The van der Waals surface area contributed by atoms with Crippen LogP contribution < -0.4 is 22.1 Å². The van der Waals surface area contributed by atoms with E-state index in [0.717, 1.165) is 57.9 Å². The Balaban J connectivity index is 1.43. The van der Waals surface area contributed by atoms with E-state index in [2.05, 4.69) is 20.6 Å². The van der Waals surface area contributed by atoms with Crippen LogP contribution in [0.4, 0.5) is 0 Å². The van der Waals surface area contributed by atoms with Crippen LogP contribution in [0.1, 0.15) is 67.2 Å². The Labute approximate surface area is 240 Å². The van der Waals surface area contributed by atoms with Gasteiger partial charge in [-0.15, -0.1) is 0 Å². The summed E-state index contributed by atoms with van der Waals surface area (Å²) in [5, 5.41) is 8.05. The second kappa shape index (κ2) is 10.0. The summed E-state index contributed by atoms with van der Waals surface area (Å²) in [5.41, 5.74) is 17.7. The lowest BCUT2D eigenvalue weighted by Gasteiger charge is -2.27. The number of carbonyl (C=O) groups is 2. The Bertz CT molecular complexity index is 1570. The number of imidazole rings is 2. The van der Waals surface area contributed by atoms with Crippen molar-refractivity contribution in [3.8, 4) is 11.1 Å². The fourth-order valence-electron chi connectivity index (χ4n) is 5.94. The minimum Gasteiger partial charge on any atom is -0.363 e. The van der Waals surface area contributed by atoms with Crippen molar-refractivity contribution in [2.45, 2.75) is 24.9 Å². The topological polar surface area (TPSA) is 146 Å². The standard InChI is InChI=1S/C28H28Cl2N8O2/c1-37-17-9-11-33-21(23(17)35-27(37)25(31)39)15-7-3-5-13(19(15)29)14-6-4-8-16(20(14)30)22-24-18(10-12-34-22)38(2)28(36-24)26(32)40/h3-8,21-22,33-34H,9-12H2,1-2H3,(H2,31,39)(H2,32,40). The summed E-state index contributed by atoms with van der Waals surface area (Å²) in [4.78, 5) is 33.1. The molecular formula is C28H28Cl2N8O2. The number of amides is 2. The van der Waals surface area contributed by atoms with E-state index < -0.39 is 11.8 Å². The van der Waals surface area contributed by atoms with Crippen LogP contribution in [0.2, 0.25) is 10.0 Å². The number of nitrogens with two attached hydrogens (primary N) is 2. The van der Waals surface area contributed by atoms with Crippen LogP contribution in [-0.4, -0.2) is 44.0 Å². The summed E-state index contributed by atoms with van der Waals surface area (Å²) in [6.45, 7) is 1.39. The molecule has 2 aliphatic heterocycles. The molecule has 2 amide bonds. The molecule has 0 radical (unpaired) electrons. The van der Waals surface area contributed by atoms with E-state index in [1.807, 2.05) is 36.4 Å². The second-order valence-electron chi connectivity index (χ2n) is 10.1. The highest BCUT2D eigenvalue weighted by molar-refractivity contribution is 6.37. The largest absolute Gasteiger partial charge is 0.363 e. The third-order valence-electron chi connectivity index (χ3n) is 7.87. The van der Waals surface area contributed by atoms with Crippen molar-refractivity contribution >= 4 is 35.0 Å². The lowest BCUT2D eigenvalue weighted by Crippen LogP contribution is -2.31. The fraction of sp³-hybridized carbons (Fsp3) is 0.286. The number of nitrogens with one attached hydrogen (secondary N) is 2. The van der Waals surface area contributed by atoms with Gasteiger partial charge >= 0.3 is 0 Å². The summed E-state index contributed by atoms with van der Waals surface area (Å²) in [5.74, 6) is -0.714. The highest BCUT2D eigenvalue weighted by atomic mass is 35.5. The third kappa shape index (κ3) is 4.10. The SMILES string of the molecule is Cn1c(C(N)=O)nc2c1CCNC2c1cccc(-c2cccc(C3NCCc4c3nc(C(N)=O)n4C)c2Cl)c1Cl. The van der Waals surface area contributed by atoms with Gasteiger partial charge in [-0.2, -0.15) is 0 Å². The van der Waals surface area contributed by atoms with Crippen molar-refractivity contribution in [2.24, 2.45) is 25.6 Å². The Hall–Kier alpha value is -3.70. The minimum absolute atomic E-state index is 0.218. The van der Waals surface area contributed by atoms with E-state index in [-0.39, 0.29) is 23.7 Å². The predicted molar refractivity (Wildman–Crippen MR) is 152 cm³/mol. The number of rotatable bonds is 5. The predicted octanol–water partition coefficient (Wildman–Crippen LogP) is 2.80. The molecule has 6 N–H and O–H groups in total. The first-order chi connectivity index (χ1) is 19.2. The van der Waals surface area contributed by atoms with E-state index >= 15 is 0 Å². The van der Waals surface area contributed by atoms with Gasteiger partial charge in [0.25, 0.3) is 11.8 Å². The highest BCUT2D eigenvalue weighted by Crippen LogP contribution is 2.43. The van der Waals surface area contributed by atoms with E-state index in [4.69, 9.17) is 34.7 Å². The average molecular weight is 579 g/mol. The molecular weight excluding hydrogens is 551 g/mol. The molecule has 4 aromatic rings. The number of primary amides is 2. The van der Waals surface area contributed by atoms with Crippen LogP contribution in [0.15, 0.2) is 36.4 Å². The Morgan fingerprint density at radius 3 is 1.55 bits per heavy atom. The van der Waals surface area contributed by atoms with Crippen molar-refractivity contribution < 1.29 is 9.59 Å². The summed E-state index contributed by atoms with van der Waals surface area (Å²) in [7, 11) is 3.60. The number of nitrogens with zero attached hydrogens (tertiary/aromatic N) is 4. The summed E-state index contributed by atoms with van der Waals surface area (Å²) in [6, 6.07) is 11.0. The number of halogens is 2. The van der Waals surface area contributed by atoms with Crippen molar-refractivity contribution in [3.63, 3.8) is 0 Å². The highest BCUT2D eigenvalue weighted by Gasteiger charge is 2.32. The maximum atomic E-state index is 12.0. The molecule has 0 fully saturated rings. The van der Waals surface area contributed by atoms with Gasteiger partial charge in [-0.3, -0.25) is 9.59 Å². The molecule has 2 aliphatic rings. The number of aromatic nitrogens is 4. The van der Waals surface area contributed by atoms with Crippen molar-refractivity contribution in [3.05, 3.63) is 92.0 Å². The van der Waals surface area contributed by atoms with Gasteiger partial charge in [-0.1, -0.05) is 59.6 Å². The Morgan fingerprint density at radius 2 is 1.18 bits per heavy atom. The van der Waals surface area contributed by atoms with E-state index in [9.17, 15) is 9.59 Å². The quantitative estimate of drug-likeness (QED) is 0.286. The van der Waals surface area contributed by atoms with Crippen LogP contribution in [-0.2, 0) is 26.9 Å². The maximum absolute atomic E-state index is 12.0. The third-order valence-corrected chi connectivity index (χ3v) is 8.71. The maximum Gasteiger partial charge on any atom is 0.284 e. The first-order valence-corrected chi connectivity index (χ1v) is 13.7. The molecule has 2 aromatic carbocycles. The van der Waals surface area contributed by atoms with Crippen LogP contribution >= 0.6 is 23.2 Å². The molecule has 0 saturated carbocycles. The normalized spacial score (nSPS) is 18.3. The monoisotopic (exact) mass is 578 g/mol. The zero-order chi connectivity index (χ0) is 28.3. The van der Waals surface area contributed by atoms with Gasteiger partial charge in [0.15, 0.2) is 11.6 Å². The van der Waals surface area contributed by atoms with Gasteiger partial charge in [-0.25, -0.2) is 9.97 Å². The smallest absolute Gasteiger partial charge is 0.284 e. The molecule has 206 valence electrons. The van der Waals surface area contributed by atoms with Crippen LogP contribution in [0, 0.1) is 0 Å². The number of hydrogen-bond donors (Lipinski definition) is 4. The number of hydrogen-bond acceptors (Lipinski definition) is 6. The molecule has 0 saturated heterocycles. The molecule has 40 heavy (non-hydrogen) atoms. The van der Waals surface area contributed by atoms with Crippen molar-refractivity contribution in [1.29, 1.82) is 0 Å². The number of fused-ring (bicyclic) bond motifs is 2. The minimum atomic E-state index is -0.575. The first-order valence-electron chi connectivity index (χ1n) is 12.9. The molecule has 2 unspecified atom stereocenters. The molecule has 10 nitrogen and oxygen atoms in total. The van der Waals surface area contributed by atoms with Gasteiger partial charge in [0, 0.05) is 62.5 Å². The number of benzene rings is 2. The molecule has 0 bridgehead atoms. The van der Waals surface area contributed by atoms with Crippen molar-refractivity contribution in [2.75, 3.05) is 13.1 Å². The molecule has 12 heteroatoms. The molecule has 0 aliphatic carbocycles. The lowest BCUT2D eigenvalue weighted by atomic mass is 9.92.